The van der Waals surface area contributed by atoms with E-state index in [-0.39, 0.29) is 29.9 Å². The number of aromatic nitrogens is 1. The lowest BCUT2D eigenvalue weighted by molar-refractivity contribution is -0.128. The lowest BCUT2D eigenvalue weighted by Crippen LogP contribution is -2.32. The highest BCUT2D eigenvalue weighted by molar-refractivity contribution is 5.94. The molecule has 0 saturated heterocycles. The van der Waals surface area contributed by atoms with E-state index in [1.807, 2.05) is 0 Å². The number of rotatable bonds is 4. The van der Waals surface area contributed by atoms with Crippen LogP contribution in [0.1, 0.15) is 22.5 Å². The summed E-state index contributed by atoms with van der Waals surface area (Å²) in [5, 5.41) is 2.54. The van der Waals surface area contributed by atoms with Crippen LogP contribution in [-0.2, 0) is 4.79 Å². The Morgan fingerprint density at radius 2 is 2.06 bits per heavy atom. The summed E-state index contributed by atoms with van der Waals surface area (Å²) < 4.78 is 0. The quantitative estimate of drug-likeness (QED) is 0.783. The van der Waals surface area contributed by atoms with Gasteiger partial charge in [-0.3, -0.25) is 14.4 Å². The number of aryl methyl sites for hydroxylation is 1. The van der Waals surface area contributed by atoms with E-state index >= 15 is 0 Å². The fourth-order valence-electron chi connectivity index (χ4n) is 1.35. The van der Waals surface area contributed by atoms with Gasteiger partial charge in [0.2, 0.25) is 5.91 Å². The standard InChI is InChI=1S/C12H17N3O3/c1-8-6-10(16)9(7-14-8)12(18)13-5-4-11(17)15(2)3/h6-7H,4-5H2,1-3H3,(H,13,18)(H,14,16). The molecule has 0 spiro atoms. The van der Waals surface area contributed by atoms with E-state index in [9.17, 15) is 14.4 Å². The minimum atomic E-state index is -0.470. The molecule has 0 aliphatic heterocycles. The van der Waals surface area contributed by atoms with Crippen molar-refractivity contribution in [3.63, 3.8) is 0 Å². The summed E-state index contributed by atoms with van der Waals surface area (Å²) in [6, 6.07) is 1.36. The third-order valence-electron chi connectivity index (χ3n) is 2.43. The van der Waals surface area contributed by atoms with Gasteiger partial charge in [-0.25, -0.2) is 0 Å². The summed E-state index contributed by atoms with van der Waals surface area (Å²) in [5.74, 6) is -0.545. The van der Waals surface area contributed by atoms with Crippen molar-refractivity contribution in [3.05, 3.63) is 33.7 Å². The monoisotopic (exact) mass is 251 g/mol. The summed E-state index contributed by atoms with van der Waals surface area (Å²) in [6.45, 7) is 1.95. The highest BCUT2D eigenvalue weighted by atomic mass is 16.2. The minimum Gasteiger partial charge on any atom is -0.364 e. The van der Waals surface area contributed by atoms with Gasteiger partial charge in [0.05, 0.1) is 0 Å². The van der Waals surface area contributed by atoms with Gasteiger partial charge in [-0.1, -0.05) is 0 Å². The topological polar surface area (TPSA) is 82.3 Å². The Hall–Kier alpha value is -2.11. The van der Waals surface area contributed by atoms with Gasteiger partial charge >= 0.3 is 0 Å². The number of carbonyl (C=O) groups excluding carboxylic acids is 2. The molecule has 0 bridgehead atoms. The van der Waals surface area contributed by atoms with Gasteiger partial charge in [0, 0.05) is 45.0 Å². The first-order chi connectivity index (χ1) is 8.41. The number of hydrogen-bond donors (Lipinski definition) is 2. The van der Waals surface area contributed by atoms with Gasteiger partial charge in [0.25, 0.3) is 5.91 Å². The summed E-state index contributed by atoms with van der Waals surface area (Å²) in [5.41, 5.74) is 0.417. The minimum absolute atomic E-state index is 0.0536. The van der Waals surface area contributed by atoms with Gasteiger partial charge in [-0.05, 0) is 6.92 Å². The van der Waals surface area contributed by atoms with Crippen LogP contribution in [0.4, 0.5) is 0 Å². The second kappa shape index (κ2) is 6.00. The van der Waals surface area contributed by atoms with E-state index < -0.39 is 5.91 Å². The molecule has 0 saturated carbocycles. The zero-order valence-electron chi connectivity index (χ0n) is 10.7. The molecule has 6 heteroatoms. The molecule has 0 atom stereocenters. The van der Waals surface area contributed by atoms with Crippen LogP contribution >= 0.6 is 0 Å². The summed E-state index contributed by atoms with van der Waals surface area (Å²) in [7, 11) is 3.30. The molecule has 2 amide bonds. The Morgan fingerprint density at radius 1 is 1.39 bits per heavy atom. The lowest BCUT2D eigenvalue weighted by Gasteiger charge is -2.10. The Morgan fingerprint density at radius 3 is 2.61 bits per heavy atom. The second-order valence-electron chi connectivity index (χ2n) is 4.19. The molecule has 0 aliphatic carbocycles. The number of pyridine rings is 1. The average molecular weight is 251 g/mol. The third-order valence-corrected chi connectivity index (χ3v) is 2.43. The maximum absolute atomic E-state index is 11.7. The van der Waals surface area contributed by atoms with Crippen LogP contribution in [0.15, 0.2) is 17.1 Å². The fourth-order valence-corrected chi connectivity index (χ4v) is 1.35. The maximum Gasteiger partial charge on any atom is 0.256 e. The molecule has 0 unspecified atom stereocenters. The van der Waals surface area contributed by atoms with Crippen molar-refractivity contribution in [2.75, 3.05) is 20.6 Å². The van der Waals surface area contributed by atoms with Crippen molar-refractivity contribution in [1.82, 2.24) is 15.2 Å². The smallest absolute Gasteiger partial charge is 0.256 e. The average Bonchev–Trinajstić information content (AvgIpc) is 2.28. The molecule has 0 aromatic carbocycles. The molecule has 6 nitrogen and oxygen atoms in total. The lowest BCUT2D eigenvalue weighted by atomic mass is 10.2. The van der Waals surface area contributed by atoms with Gasteiger partial charge in [-0.15, -0.1) is 0 Å². The van der Waals surface area contributed by atoms with E-state index in [1.165, 1.54) is 17.2 Å². The zero-order valence-corrected chi connectivity index (χ0v) is 10.7. The molecule has 1 aromatic heterocycles. The molecule has 0 radical (unpaired) electrons. The first kappa shape index (κ1) is 14.0. The van der Waals surface area contributed by atoms with Gasteiger partial charge < -0.3 is 15.2 Å². The number of H-pyrrole nitrogens is 1. The molecule has 2 N–H and O–H groups in total. The number of nitrogens with zero attached hydrogens (tertiary/aromatic N) is 1. The zero-order chi connectivity index (χ0) is 13.7. The molecule has 0 fully saturated rings. The Bertz CT molecular complexity index is 506. The number of amides is 2. The highest BCUT2D eigenvalue weighted by Crippen LogP contribution is 1.93. The van der Waals surface area contributed by atoms with Crippen molar-refractivity contribution >= 4 is 11.8 Å². The number of aromatic amines is 1. The third kappa shape index (κ3) is 3.73. The molecule has 1 rings (SSSR count). The predicted molar refractivity (Wildman–Crippen MR) is 67.4 cm³/mol. The Balaban J connectivity index is 2.56. The highest BCUT2D eigenvalue weighted by Gasteiger charge is 2.10. The normalized spacial score (nSPS) is 9.94. The predicted octanol–water partition coefficient (Wildman–Crippen LogP) is -0.109. The molecular weight excluding hydrogens is 234 g/mol. The van der Waals surface area contributed by atoms with E-state index in [1.54, 1.807) is 21.0 Å². The largest absolute Gasteiger partial charge is 0.364 e. The second-order valence-corrected chi connectivity index (χ2v) is 4.19. The van der Waals surface area contributed by atoms with E-state index in [0.29, 0.717) is 5.69 Å². The van der Waals surface area contributed by atoms with Crippen LogP contribution in [0, 0.1) is 6.92 Å². The van der Waals surface area contributed by atoms with Crippen molar-refractivity contribution in [3.8, 4) is 0 Å². The van der Waals surface area contributed by atoms with Crippen LogP contribution < -0.4 is 10.7 Å². The van der Waals surface area contributed by atoms with Crippen LogP contribution in [0.2, 0.25) is 0 Å². The summed E-state index contributed by atoms with van der Waals surface area (Å²) >= 11 is 0. The van der Waals surface area contributed by atoms with Crippen LogP contribution in [0.5, 0.6) is 0 Å². The molecule has 18 heavy (non-hydrogen) atoms. The van der Waals surface area contributed by atoms with E-state index in [0.717, 1.165) is 0 Å². The summed E-state index contributed by atoms with van der Waals surface area (Å²) in [6.07, 6.45) is 1.59. The summed E-state index contributed by atoms with van der Waals surface area (Å²) in [4.78, 5) is 38.7. The SMILES string of the molecule is Cc1cc(=O)c(C(=O)NCCC(=O)N(C)C)c[nH]1. The van der Waals surface area contributed by atoms with Crippen LogP contribution in [-0.4, -0.2) is 42.3 Å². The first-order valence-corrected chi connectivity index (χ1v) is 5.59. The van der Waals surface area contributed by atoms with Gasteiger partial charge in [-0.2, -0.15) is 0 Å². The van der Waals surface area contributed by atoms with Crippen molar-refractivity contribution in [2.45, 2.75) is 13.3 Å². The van der Waals surface area contributed by atoms with Crippen molar-refractivity contribution < 1.29 is 9.59 Å². The van der Waals surface area contributed by atoms with Crippen LogP contribution in [0.3, 0.4) is 0 Å². The Kier molecular flexibility index (Phi) is 4.65. The number of hydrogen-bond acceptors (Lipinski definition) is 3. The maximum atomic E-state index is 11.7. The van der Waals surface area contributed by atoms with E-state index in [2.05, 4.69) is 10.3 Å². The Labute approximate surface area is 105 Å². The molecule has 1 heterocycles. The number of nitrogens with one attached hydrogen (secondary N) is 2. The van der Waals surface area contributed by atoms with Crippen LogP contribution in [0.25, 0.3) is 0 Å². The fraction of sp³-hybridized carbons (Fsp3) is 0.417. The van der Waals surface area contributed by atoms with Gasteiger partial charge in [0.15, 0.2) is 5.43 Å². The molecular formula is C12H17N3O3. The van der Waals surface area contributed by atoms with Crippen molar-refractivity contribution in [1.29, 1.82) is 0 Å². The number of carbonyl (C=O) groups is 2. The first-order valence-electron chi connectivity index (χ1n) is 5.59. The molecule has 98 valence electrons. The molecule has 1 aromatic rings. The van der Waals surface area contributed by atoms with Crippen molar-refractivity contribution in [2.24, 2.45) is 0 Å². The molecule has 0 aliphatic rings. The van der Waals surface area contributed by atoms with Gasteiger partial charge in [0.1, 0.15) is 5.56 Å². The van der Waals surface area contributed by atoms with E-state index in [4.69, 9.17) is 0 Å².